The van der Waals surface area contributed by atoms with Crippen LogP contribution < -0.4 is 5.73 Å². The van der Waals surface area contributed by atoms with Crippen molar-refractivity contribution in [3.8, 4) is 0 Å². The number of amides is 1. The summed E-state index contributed by atoms with van der Waals surface area (Å²) in [4.78, 5) is 14.6. The van der Waals surface area contributed by atoms with Gasteiger partial charge in [-0.15, -0.1) is 0 Å². The summed E-state index contributed by atoms with van der Waals surface area (Å²) in [5, 5.41) is 11.6. The molecule has 0 heterocycles. The molecule has 1 aromatic carbocycles. The number of amidine groups is 1. The number of hydrogen-bond donors (Lipinski definition) is 2. The second-order valence-corrected chi connectivity index (χ2v) is 5.45. The topological polar surface area (TPSA) is 78.9 Å². The van der Waals surface area contributed by atoms with Gasteiger partial charge in [-0.3, -0.25) is 4.79 Å². The zero-order chi connectivity index (χ0) is 15.2. The van der Waals surface area contributed by atoms with Crippen molar-refractivity contribution < 1.29 is 10.0 Å². The Bertz CT molecular complexity index is 505. The van der Waals surface area contributed by atoms with Crippen LogP contribution in [0.1, 0.15) is 54.9 Å². The molecule has 0 atom stereocenters. The molecule has 1 saturated carbocycles. The lowest BCUT2D eigenvalue weighted by Gasteiger charge is -2.33. The molecule has 3 N–H and O–H groups in total. The normalized spacial score (nSPS) is 16.7. The Labute approximate surface area is 125 Å². The predicted molar refractivity (Wildman–Crippen MR) is 82.5 cm³/mol. The number of hydrogen-bond acceptors (Lipinski definition) is 3. The van der Waals surface area contributed by atoms with Gasteiger partial charge in [0.1, 0.15) is 0 Å². The largest absolute Gasteiger partial charge is 0.409 e. The van der Waals surface area contributed by atoms with E-state index in [-0.39, 0.29) is 11.7 Å². The lowest BCUT2D eigenvalue weighted by Crippen LogP contribution is -2.41. The van der Waals surface area contributed by atoms with Crippen LogP contribution in [-0.4, -0.2) is 34.4 Å². The SMILES string of the molecule is CCN(C(=O)c1ccc(/C(N)=N/O)cc1)C1CCCCC1. The molecule has 1 aliphatic carbocycles. The summed E-state index contributed by atoms with van der Waals surface area (Å²) in [6.45, 7) is 2.75. The summed E-state index contributed by atoms with van der Waals surface area (Å²) in [5.41, 5.74) is 6.78. The van der Waals surface area contributed by atoms with Gasteiger partial charge in [0.05, 0.1) is 0 Å². The van der Waals surface area contributed by atoms with E-state index in [2.05, 4.69) is 5.16 Å². The first kappa shape index (κ1) is 15.4. The Morgan fingerprint density at radius 3 is 2.33 bits per heavy atom. The van der Waals surface area contributed by atoms with Crippen LogP contribution in [0.5, 0.6) is 0 Å². The number of carbonyl (C=O) groups excluding carboxylic acids is 1. The fourth-order valence-electron chi connectivity index (χ4n) is 2.97. The second-order valence-electron chi connectivity index (χ2n) is 5.45. The van der Waals surface area contributed by atoms with Crippen molar-refractivity contribution in [2.24, 2.45) is 10.9 Å². The molecule has 0 aliphatic heterocycles. The van der Waals surface area contributed by atoms with Crippen molar-refractivity contribution in [3.05, 3.63) is 35.4 Å². The van der Waals surface area contributed by atoms with Gasteiger partial charge in [0.2, 0.25) is 0 Å². The average Bonchev–Trinajstić information content (AvgIpc) is 2.56. The van der Waals surface area contributed by atoms with E-state index < -0.39 is 0 Å². The van der Waals surface area contributed by atoms with Crippen LogP contribution in [0.25, 0.3) is 0 Å². The first-order valence-electron chi connectivity index (χ1n) is 7.56. The van der Waals surface area contributed by atoms with Crippen LogP contribution in [0.2, 0.25) is 0 Å². The van der Waals surface area contributed by atoms with Gasteiger partial charge in [-0.2, -0.15) is 0 Å². The molecular formula is C16H23N3O2. The number of carbonyl (C=O) groups is 1. The molecule has 114 valence electrons. The zero-order valence-electron chi connectivity index (χ0n) is 12.5. The molecule has 5 nitrogen and oxygen atoms in total. The molecule has 1 fully saturated rings. The Morgan fingerprint density at radius 1 is 1.24 bits per heavy atom. The minimum Gasteiger partial charge on any atom is -0.409 e. The van der Waals surface area contributed by atoms with Crippen molar-refractivity contribution in [2.45, 2.75) is 45.1 Å². The second kappa shape index (κ2) is 7.11. The summed E-state index contributed by atoms with van der Waals surface area (Å²) in [5.74, 6) is 0.115. The van der Waals surface area contributed by atoms with Crippen molar-refractivity contribution in [3.63, 3.8) is 0 Å². The Hall–Kier alpha value is -2.04. The Morgan fingerprint density at radius 2 is 1.81 bits per heavy atom. The van der Waals surface area contributed by atoms with Crippen LogP contribution in [0.15, 0.2) is 29.4 Å². The number of nitrogens with two attached hydrogens (primary N) is 1. The Kier molecular flexibility index (Phi) is 5.20. The minimum atomic E-state index is 0.0497. The van der Waals surface area contributed by atoms with Gasteiger partial charge in [0, 0.05) is 23.7 Å². The Balaban J connectivity index is 2.13. The zero-order valence-corrected chi connectivity index (χ0v) is 12.5. The van der Waals surface area contributed by atoms with Gasteiger partial charge in [-0.1, -0.05) is 36.6 Å². The highest BCUT2D eigenvalue weighted by Gasteiger charge is 2.24. The molecule has 0 aromatic heterocycles. The minimum absolute atomic E-state index is 0.0497. The molecule has 1 amide bonds. The van der Waals surface area contributed by atoms with Crippen molar-refractivity contribution in [2.75, 3.05) is 6.54 Å². The summed E-state index contributed by atoms with van der Waals surface area (Å²) >= 11 is 0. The number of rotatable bonds is 4. The summed E-state index contributed by atoms with van der Waals surface area (Å²) < 4.78 is 0. The van der Waals surface area contributed by atoms with Crippen LogP contribution in [0, 0.1) is 0 Å². The molecule has 1 aromatic rings. The fourth-order valence-corrected chi connectivity index (χ4v) is 2.97. The lowest BCUT2D eigenvalue weighted by atomic mass is 9.93. The average molecular weight is 289 g/mol. The maximum atomic E-state index is 12.6. The molecular weight excluding hydrogens is 266 g/mol. The van der Waals surface area contributed by atoms with Gasteiger partial charge in [0.25, 0.3) is 5.91 Å². The van der Waals surface area contributed by atoms with Crippen LogP contribution in [0.3, 0.4) is 0 Å². The van der Waals surface area contributed by atoms with E-state index in [1.54, 1.807) is 24.3 Å². The molecule has 1 aliphatic rings. The van der Waals surface area contributed by atoms with Gasteiger partial charge < -0.3 is 15.8 Å². The molecule has 5 heteroatoms. The quantitative estimate of drug-likeness (QED) is 0.387. The first-order chi connectivity index (χ1) is 10.2. The van der Waals surface area contributed by atoms with E-state index in [0.29, 0.717) is 17.2 Å². The standard InChI is InChI=1S/C16H23N3O2/c1-2-19(14-6-4-3-5-7-14)16(20)13-10-8-12(9-11-13)15(17)18-21/h8-11,14,21H,2-7H2,1H3,(H2,17,18). The predicted octanol–water partition coefficient (Wildman–Crippen LogP) is 2.58. The molecule has 0 unspecified atom stereocenters. The summed E-state index contributed by atoms with van der Waals surface area (Å²) in [7, 11) is 0. The summed E-state index contributed by atoms with van der Waals surface area (Å²) in [6, 6.07) is 7.25. The molecule has 0 spiro atoms. The highest BCUT2D eigenvalue weighted by Crippen LogP contribution is 2.24. The highest BCUT2D eigenvalue weighted by molar-refractivity contribution is 5.99. The maximum Gasteiger partial charge on any atom is 0.254 e. The third kappa shape index (κ3) is 3.54. The van der Waals surface area contributed by atoms with Crippen molar-refractivity contribution in [1.29, 1.82) is 0 Å². The number of benzene rings is 1. The molecule has 0 radical (unpaired) electrons. The maximum absolute atomic E-state index is 12.6. The highest BCUT2D eigenvalue weighted by atomic mass is 16.4. The van der Waals surface area contributed by atoms with E-state index in [1.165, 1.54) is 19.3 Å². The molecule has 21 heavy (non-hydrogen) atoms. The van der Waals surface area contributed by atoms with Crippen molar-refractivity contribution in [1.82, 2.24) is 4.90 Å². The monoisotopic (exact) mass is 289 g/mol. The lowest BCUT2D eigenvalue weighted by molar-refractivity contribution is 0.0648. The smallest absolute Gasteiger partial charge is 0.254 e. The van der Waals surface area contributed by atoms with Gasteiger partial charge in [-0.05, 0) is 31.9 Å². The van der Waals surface area contributed by atoms with E-state index >= 15 is 0 Å². The number of nitrogens with zero attached hydrogens (tertiary/aromatic N) is 2. The van der Waals surface area contributed by atoms with E-state index in [9.17, 15) is 4.79 Å². The summed E-state index contributed by atoms with van der Waals surface area (Å²) in [6.07, 6.45) is 5.88. The van der Waals surface area contributed by atoms with Crippen LogP contribution >= 0.6 is 0 Å². The van der Waals surface area contributed by atoms with E-state index in [0.717, 1.165) is 19.4 Å². The van der Waals surface area contributed by atoms with E-state index in [1.807, 2.05) is 11.8 Å². The molecule has 0 saturated heterocycles. The van der Waals surface area contributed by atoms with Gasteiger partial charge in [0.15, 0.2) is 5.84 Å². The van der Waals surface area contributed by atoms with Crippen LogP contribution in [0.4, 0.5) is 0 Å². The van der Waals surface area contributed by atoms with Crippen LogP contribution in [-0.2, 0) is 0 Å². The van der Waals surface area contributed by atoms with E-state index in [4.69, 9.17) is 10.9 Å². The van der Waals surface area contributed by atoms with Gasteiger partial charge in [-0.25, -0.2) is 0 Å². The molecule has 0 bridgehead atoms. The fraction of sp³-hybridized carbons (Fsp3) is 0.500. The first-order valence-corrected chi connectivity index (χ1v) is 7.56. The third-order valence-electron chi connectivity index (χ3n) is 4.15. The molecule has 2 rings (SSSR count). The van der Waals surface area contributed by atoms with Gasteiger partial charge >= 0.3 is 0 Å². The van der Waals surface area contributed by atoms with Crippen molar-refractivity contribution >= 4 is 11.7 Å². The number of oxime groups is 1. The third-order valence-corrected chi connectivity index (χ3v) is 4.15.